The number of nitrogens with two attached hydrogens (primary N) is 1. The number of carbonyl (C=O) groups is 1. The van der Waals surface area contributed by atoms with Crippen LogP contribution in [0.3, 0.4) is 0 Å². The molecule has 0 bridgehead atoms. The maximum atomic E-state index is 13.3. The third kappa shape index (κ3) is 4.69. The predicted octanol–water partition coefficient (Wildman–Crippen LogP) is 3.56. The van der Waals surface area contributed by atoms with Crippen LogP contribution >= 0.6 is 0 Å². The fourth-order valence-electron chi connectivity index (χ4n) is 3.07. The quantitative estimate of drug-likeness (QED) is 0.534. The highest BCUT2D eigenvalue weighted by molar-refractivity contribution is 5.98. The Kier molecular flexibility index (Phi) is 6.43. The van der Waals surface area contributed by atoms with Gasteiger partial charge in [0.2, 0.25) is 0 Å². The number of aromatic nitrogens is 1. The van der Waals surface area contributed by atoms with Crippen molar-refractivity contribution in [1.82, 2.24) is 4.98 Å². The van der Waals surface area contributed by atoms with Crippen molar-refractivity contribution in [1.29, 1.82) is 5.26 Å². The van der Waals surface area contributed by atoms with Gasteiger partial charge in [-0.1, -0.05) is 12.1 Å². The van der Waals surface area contributed by atoms with Crippen LogP contribution in [0, 0.1) is 11.3 Å². The second-order valence-electron chi connectivity index (χ2n) is 6.63. The number of hydrogen-bond acceptors (Lipinski definition) is 6. The summed E-state index contributed by atoms with van der Waals surface area (Å²) >= 11 is 0. The van der Waals surface area contributed by atoms with Crippen LogP contribution in [0.4, 0.5) is 13.2 Å². The van der Waals surface area contributed by atoms with Gasteiger partial charge in [-0.2, -0.15) is 18.4 Å². The molecule has 0 saturated heterocycles. The Morgan fingerprint density at radius 1 is 1.19 bits per heavy atom. The van der Waals surface area contributed by atoms with E-state index in [0.717, 1.165) is 6.07 Å². The predicted molar refractivity (Wildman–Crippen MR) is 106 cm³/mol. The fraction of sp³-hybridized carbons (Fsp3) is 0.136. The number of aliphatic hydroxyl groups is 2. The van der Waals surface area contributed by atoms with Crippen LogP contribution in [-0.2, 0) is 6.18 Å². The van der Waals surface area contributed by atoms with Crippen LogP contribution in [-0.4, -0.2) is 27.7 Å². The highest BCUT2D eigenvalue weighted by Gasteiger charge is 2.35. The second kappa shape index (κ2) is 9.05. The van der Waals surface area contributed by atoms with E-state index in [2.05, 4.69) is 4.98 Å². The Balaban J connectivity index is 2.01. The number of benzene rings is 2. The second-order valence-corrected chi connectivity index (χ2v) is 6.63. The smallest absolute Gasteiger partial charge is 0.420 e. The van der Waals surface area contributed by atoms with Crippen molar-refractivity contribution in [3.8, 4) is 28.7 Å². The Bertz CT molecular complexity index is 1190. The number of nitrogens with zero attached hydrogens (tertiary/aromatic N) is 2. The minimum atomic E-state index is -4.73. The summed E-state index contributed by atoms with van der Waals surface area (Å²) in [4.78, 5) is 15.7. The van der Waals surface area contributed by atoms with Crippen molar-refractivity contribution in [3.63, 3.8) is 0 Å². The van der Waals surface area contributed by atoms with Gasteiger partial charge < -0.3 is 20.7 Å². The molecule has 3 aromatic rings. The SMILES string of the molecule is N#Cc1ccc(Oc2ccc(-c3c(C(O)CO)ccnc3C(N)=O)cc2)c(C(F)(F)F)c1. The minimum absolute atomic E-state index is 0.0535. The van der Waals surface area contributed by atoms with Crippen LogP contribution in [0.1, 0.15) is 33.3 Å². The van der Waals surface area contributed by atoms with Crippen molar-refractivity contribution in [2.24, 2.45) is 5.73 Å². The number of hydrogen-bond donors (Lipinski definition) is 3. The van der Waals surface area contributed by atoms with Gasteiger partial charge in [-0.15, -0.1) is 0 Å². The van der Waals surface area contributed by atoms with Gasteiger partial charge in [-0.3, -0.25) is 9.78 Å². The van der Waals surface area contributed by atoms with Gasteiger partial charge in [0, 0.05) is 11.8 Å². The van der Waals surface area contributed by atoms with E-state index < -0.39 is 36.1 Å². The standard InChI is InChI=1S/C22H16F3N3O4/c23-22(24,25)16-9-12(10-26)1-6-18(16)32-14-4-2-13(3-5-14)19-15(17(30)11-29)7-8-28-20(19)21(27)31/h1-9,17,29-30H,11H2,(H2,27,31). The van der Waals surface area contributed by atoms with E-state index in [1.807, 2.05) is 0 Å². The summed E-state index contributed by atoms with van der Waals surface area (Å²) in [6.07, 6.45) is -4.78. The number of nitriles is 1. The molecule has 32 heavy (non-hydrogen) atoms. The topological polar surface area (TPSA) is 129 Å². The van der Waals surface area contributed by atoms with E-state index in [4.69, 9.17) is 15.7 Å². The first-order valence-electron chi connectivity index (χ1n) is 9.13. The Morgan fingerprint density at radius 2 is 1.88 bits per heavy atom. The first-order chi connectivity index (χ1) is 15.2. The molecule has 1 unspecified atom stereocenters. The molecule has 0 spiro atoms. The van der Waals surface area contributed by atoms with Crippen molar-refractivity contribution < 1.29 is 32.9 Å². The van der Waals surface area contributed by atoms with Crippen molar-refractivity contribution in [2.75, 3.05) is 6.61 Å². The molecule has 1 atom stereocenters. The highest BCUT2D eigenvalue weighted by atomic mass is 19.4. The number of pyridine rings is 1. The largest absolute Gasteiger partial charge is 0.457 e. The molecule has 1 aromatic heterocycles. The Hall–Kier alpha value is -3.94. The van der Waals surface area contributed by atoms with Gasteiger partial charge in [0.05, 0.1) is 23.8 Å². The monoisotopic (exact) mass is 443 g/mol. The third-order valence-corrected chi connectivity index (χ3v) is 4.53. The summed E-state index contributed by atoms with van der Waals surface area (Å²) in [5.41, 5.74) is 4.73. The third-order valence-electron chi connectivity index (χ3n) is 4.53. The molecule has 3 rings (SSSR count). The number of primary amides is 1. The first kappa shape index (κ1) is 22.7. The van der Waals surface area contributed by atoms with Crippen LogP contribution < -0.4 is 10.5 Å². The minimum Gasteiger partial charge on any atom is -0.457 e. The van der Waals surface area contributed by atoms with Gasteiger partial charge in [0.15, 0.2) is 0 Å². The fourth-order valence-corrected chi connectivity index (χ4v) is 3.07. The van der Waals surface area contributed by atoms with Crippen molar-refractivity contribution in [2.45, 2.75) is 12.3 Å². The molecule has 10 heteroatoms. The maximum Gasteiger partial charge on any atom is 0.420 e. The zero-order valence-corrected chi connectivity index (χ0v) is 16.3. The lowest BCUT2D eigenvalue weighted by Gasteiger charge is -2.17. The molecule has 0 radical (unpaired) electrons. The summed E-state index contributed by atoms with van der Waals surface area (Å²) < 4.78 is 45.4. The van der Waals surface area contributed by atoms with E-state index in [1.165, 1.54) is 42.6 Å². The molecule has 0 aliphatic heterocycles. The Morgan fingerprint density at radius 3 is 2.44 bits per heavy atom. The molecule has 164 valence electrons. The first-order valence-corrected chi connectivity index (χ1v) is 9.13. The summed E-state index contributed by atoms with van der Waals surface area (Å²) in [6.45, 7) is -0.616. The van der Waals surface area contributed by atoms with Crippen molar-refractivity contribution in [3.05, 3.63) is 77.1 Å². The molecule has 2 aromatic carbocycles. The van der Waals surface area contributed by atoms with Crippen LogP contribution in [0.25, 0.3) is 11.1 Å². The molecular weight excluding hydrogens is 427 g/mol. The zero-order valence-electron chi connectivity index (χ0n) is 16.3. The van der Waals surface area contributed by atoms with Gasteiger partial charge in [0.25, 0.3) is 5.91 Å². The zero-order chi connectivity index (χ0) is 23.5. The normalized spacial score (nSPS) is 12.1. The number of halogens is 3. The number of alkyl halides is 3. The van der Waals surface area contributed by atoms with Crippen LogP contribution in [0.2, 0.25) is 0 Å². The summed E-state index contributed by atoms with van der Waals surface area (Å²) in [7, 11) is 0. The lowest BCUT2D eigenvalue weighted by atomic mass is 9.95. The van der Waals surface area contributed by atoms with E-state index in [1.54, 1.807) is 6.07 Å². The molecular formula is C22H16F3N3O4. The maximum absolute atomic E-state index is 13.3. The molecule has 1 amide bonds. The van der Waals surface area contributed by atoms with Gasteiger partial charge in [0.1, 0.15) is 23.3 Å². The molecule has 7 nitrogen and oxygen atoms in total. The average Bonchev–Trinajstić information content (AvgIpc) is 2.78. The van der Waals surface area contributed by atoms with Gasteiger partial charge in [-0.25, -0.2) is 0 Å². The molecule has 4 N–H and O–H groups in total. The number of amides is 1. The van der Waals surface area contributed by atoms with Gasteiger partial charge >= 0.3 is 6.18 Å². The lowest BCUT2D eigenvalue weighted by Crippen LogP contribution is -2.17. The molecule has 0 saturated carbocycles. The van der Waals surface area contributed by atoms with Crippen LogP contribution in [0.5, 0.6) is 11.5 Å². The average molecular weight is 443 g/mol. The number of aliphatic hydroxyl groups excluding tert-OH is 2. The number of ether oxygens (including phenoxy) is 1. The van der Waals surface area contributed by atoms with Crippen molar-refractivity contribution >= 4 is 5.91 Å². The van der Waals surface area contributed by atoms with E-state index >= 15 is 0 Å². The molecule has 0 aliphatic rings. The number of rotatable bonds is 6. The Labute approximate surface area is 180 Å². The molecule has 0 fully saturated rings. The summed E-state index contributed by atoms with van der Waals surface area (Å²) in [5, 5.41) is 28.3. The number of carbonyl (C=O) groups excluding carboxylic acids is 1. The van der Waals surface area contributed by atoms with E-state index in [0.29, 0.717) is 11.6 Å². The summed E-state index contributed by atoms with van der Waals surface area (Å²) in [6, 6.07) is 11.6. The van der Waals surface area contributed by atoms with Crippen LogP contribution in [0.15, 0.2) is 54.7 Å². The van der Waals surface area contributed by atoms with Gasteiger partial charge in [-0.05, 0) is 47.5 Å². The molecule has 0 aliphatic carbocycles. The van der Waals surface area contributed by atoms with E-state index in [9.17, 15) is 28.2 Å². The highest BCUT2D eigenvalue weighted by Crippen LogP contribution is 2.39. The summed E-state index contributed by atoms with van der Waals surface area (Å²) in [5.74, 6) is -1.29. The van der Waals surface area contributed by atoms with E-state index in [-0.39, 0.29) is 28.1 Å². The lowest BCUT2D eigenvalue weighted by molar-refractivity contribution is -0.138. The molecule has 1 heterocycles.